The summed E-state index contributed by atoms with van der Waals surface area (Å²) in [7, 11) is 0. The highest BCUT2D eigenvalue weighted by Crippen LogP contribution is 1.97. The smallest absolute Gasteiger partial charge is 0.320 e. The molecule has 0 aliphatic carbocycles. The molecular weight excluding hydrogens is 238 g/mol. The number of nitrogens with two attached hydrogens (primary N) is 3. The lowest BCUT2D eigenvalue weighted by Gasteiger charge is -2.02. The first-order valence-electron chi connectivity index (χ1n) is 6.06. The Hall–Kier alpha value is -1.18. The van der Waals surface area contributed by atoms with Gasteiger partial charge >= 0.3 is 11.9 Å². The van der Waals surface area contributed by atoms with Gasteiger partial charge in [-0.05, 0) is 38.8 Å². The van der Waals surface area contributed by atoms with Crippen molar-refractivity contribution in [1.82, 2.24) is 0 Å². The molecule has 7 nitrogen and oxygen atoms in total. The topological polar surface area (TPSA) is 153 Å². The summed E-state index contributed by atoms with van der Waals surface area (Å²) in [6.07, 6.45) is 4.04. The van der Waals surface area contributed by atoms with Crippen LogP contribution < -0.4 is 17.2 Å². The average molecular weight is 263 g/mol. The maximum Gasteiger partial charge on any atom is 0.320 e. The number of rotatable bonds is 9. The molecule has 0 bridgehead atoms. The van der Waals surface area contributed by atoms with Gasteiger partial charge in [0.1, 0.15) is 6.04 Å². The molecule has 0 aromatic heterocycles. The van der Waals surface area contributed by atoms with E-state index >= 15 is 0 Å². The Bertz CT molecular complexity index is 224. The van der Waals surface area contributed by atoms with Crippen molar-refractivity contribution in [2.75, 3.05) is 13.1 Å². The molecule has 0 aromatic carbocycles. The Morgan fingerprint density at radius 3 is 1.89 bits per heavy atom. The molecule has 0 radical (unpaired) electrons. The first-order chi connectivity index (χ1) is 8.45. The van der Waals surface area contributed by atoms with Crippen molar-refractivity contribution in [2.45, 2.75) is 44.6 Å². The molecule has 0 heterocycles. The summed E-state index contributed by atoms with van der Waals surface area (Å²) in [5, 5.41) is 16.4. The lowest BCUT2D eigenvalue weighted by molar-refractivity contribution is -0.139. The second-order valence-corrected chi connectivity index (χ2v) is 3.87. The van der Waals surface area contributed by atoms with Crippen molar-refractivity contribution in [3.8, 4) is 0 Å². The highest BCUT2D eigenvalue weighted by molar-refractivity contribution is 5.72. The van der Waals surface area contributed by atoms with Gasteiger partial charge < -0.3 is 27.4 Å². The summed E-state index contributed by atoms with van der Waals surface area (Å²) >= 11 is 0. The standard InChI is InChI=1S/C6H13NO2.C5H12N2O2/c7-5-3-1-2-4-6(8)9;6-3-1-2-4(7)5(8)9/h1-5,7H2,(H,8,9);4H,1-3,6-7H2,(H,8,9)/t;4-/m.0/s1. The van der Waals surface area contributed by atoms with Crippen molar-refractivity contribution in [3.63, 3.8) is 0 Å². The fourth-order valence-electron chi connectivity index (χ4n) is 1.06. The van der Waals surface area contributed by atoms with Crippen molar-refractivity contribution in [2.24, 2.45) is 17.2 Å². The minimum atomic E-state index is -0.955. The normalized spacial score (nSPS) is 11.3. The molecule has 0 unspecified atom stereocenters. The predicted molar refractivity (Wildman–Crippen MR) is 69.1 cm³/mol. The number of hydrogen-bond donors (Lipinski definition) is 5. The van der Waals surface area contributed by atoms with Crippen LogP contribution in [0.3, 0.4) is 0 Å². The van der Waals surface area contributed by atoms with Crippen molar-refractivity contribution >= 4 is 11.9 Å². The van der Waals surface area contributed by atoms with Gasteiger partial charge in [0.05, 0.1) is 0 Å². The van der Waals surface area contributed by atoms with E-state index in [1.807, 2.05) is 0 Å². The van der Waals surface area contributed by atoms with E-state index in [-0.39, 0.29) is 6.42 Å². The van der Waals surface area contributed by atoms with Gasteiger partial charge in [-0.15, -0.1) is 0 Å². The van der Waals surface area contributed by atoms with Gasteiger partial charge in [0.25, 0.3) is 0 Å². The van der Waals surface area contributed by atoms with Gasteiger partial charge in [0.2, 0.25) is 0 Å². The minimum Gasteiger partial charge on any atom is -0.481 e. The average Bonchev–Trinajstić information content (AvgIpc) is 2.32. The van der Waals surface area contributed by atoms with Crippen LogP contribution in [0.2, 0.25) is 0 Å². The molecule has 0 aliphatic heterocycles. The van der Waals surface area contributed by atoms with Crippen molar-refractivity contribution in [3.05, 3.63) is 0 Å². The molecule has 18 heavy (non-hydrogen) atoms. The molecule has 0 aromatic rings. The molecule has 0 spiro atoms. The second kappa shape index (κ2) is 13.9. The largest absolute Gasteiger partial charge is 0.481 e. The monoisotopic (exact) mass is 263 g/mol. The highest BCUT2D eigenvalue weighted by atomic mass is 16.4. The first kappa shape index (κ1) is 19.2. The number of aliphatic carboxylic acids is 2. The third-order valence-corrected chi connectivity index (χ3v) is 2.13. The molecular formula is C11H25N3O4. The summed E-state index contributed by atoms with van der Waals surface area (Å²) in [5.74, 6) is -1.67. The van der Waals surface area contributed by atoms with Crippen LogP contribution in [0.5, 0.6) is 0 Å². The molecule has 0 amide bonds. The van der Waals surface area contributed by atoms with Gasteiger partial charge in [-0.3, -0.25) is 9.59 Å². The van der Waals surface area contributed by atoms with Gasteiger partial charge in [-0.2, -0.15) is 0 Å². The molecule has 7 heteroatoms. The zero-order valence-electron chi connectivity index (χ0n) is 10.7. The Morgan fingerprint density at radius 2 is 1.50 bits per heavy atom. The summed E-state index contributed by atoms with van der Waals surface area (Å²) in [6.45, 7) is 1.17. The molecule has 8 N–H and O–H groups in total. The van der Waals surface area contributed by atoms with Gasteiger partial charge in [-0.25, -0.2) is 0 Å². The van der Waals surface area contributed by atoms with E-state index < -0.39 is 18.0 Å². The van der Waals surface area contributed by atoms with Gasteiger partial charge in [0, 0.05) is 6.42 Å². The second-order valence-electron chi connectivity index (χ2n) is 3.87. The predicted octanol–water partition coefficient (Wildman–Crippen LogP) is -0.273. The maximum absolute atomic E-state index is 10.0. The zero-order valence-corrected chi connectivity index (χ0v) is 10.7. The summed E-state index contributed by atoms with van der Waals surface area (Å²) in [6, 6.07) is -0.742. The summed E-state index contributed by atoms with van der Waals surface area (Å²) < 4.78 is 0. The van der Waals surface area contributed by atoms with Crippen LogP contribution in [0.25, 0.3) is 0 Å². The van der Waals surface area contributed by atoms with E-state index in [0.29, 0.717) is 25.9 Å². The Morgan fingerprint density at radius 1 is 0.944 bits per heavy atom. The maximum atomic E-state index is 10.0. The number of carboxylic acids is 2. The highest BCUT2D eigenvalue weighted by Gasteiger charge is 2.08. The van der Waals surface area contributed by atoms with Crippen molar-refractivity contribution in [1.29, 1.82) is 0 Å². The lowest BCUT2D eigenvalue weighted by atomic mass is 10.2. The number of unbranched alkanes of at least 4 members (excludes halogenated alkanes) is 2. The van der Waals surface area contributed by atoms with Crippen LogP contribution in [0.4, 0.5) is 0 Å². The third kappa shape index (κ3) is 17.2. The molecule has 1 atom stereocenters. The number of hydrogen-bond acceptors (Lipinski definition) is 5. The molecule has 0 aliphatic rings. The van der Waals surface area contributed by atoms with Crippen LogP contribution in [-0.4, -0.2) is 41.3 Å². The Kier molecular flexibility index (Phi) is 14.8. The minimum absolute atomic E-state index is 0.278. The molecule has 0 rings (SSSR count). The van der Waals surface area contributed by atoms with Crippen LogP contribution >= 0.6 is 0 Å². The van der Waals surface area contributed by atoms with E-state index in [2.05, 4.69) is 0 Å². The molecule has 0 fully saturated rings. The third-order valence-electron chi connectivity index (χ3n) is 2.13. The molecule has 0 saturated carbocycles. The van der Waals surface area contributed by atoms with Crippen molar-refractivity contribution < 1.29 is 19.8 Å². The van der Waals surface area contributed by atoms with E-state index in [1.165, 1.54) is 0 Å². The van der Waals surface area contributed by atoms with Gasteiger partial charge in [0.15, 0.2) is 0 Å². The van der Waals surface area contributed by atoms with Gasteiger partial charge in [-0.1, -0.05) is 6.42 Å². The Labute approximate surface area is 107 Å². The zero-order chi connectivity index (χ0) is 14.4. The fourth-order valence-corrected chi connectivity index (χ4v) is 1.06. The van der Waals surface area contributed by atoms with Crippen LogP contribution in [0, 0.1) is 0 Å². The quantitative estimate of drug-likeness (QED) is 0.359. The van der Waals surface area contributed by atoms with Crippen LogP contribution in [0.15, 0.2) is 0 Å². The first-order valence-corrected chi connectivity index (χ1v) is 6.06. The number of carboxylic acid groups (broad SMARTS) is 2. The van der Waals surface area contributed by atoms with E-state index in [0.717, 1.165) is 19.3 Å². The molecule has 0 saturated heterocycles. The molecule has 108 valence electrons. The van der Waals surface area contributed by atoms with Crippen LogP contribution in [0.1, 0.15) is 38.5 Å². The van der Waals surface area contributed by atoms with E-state index in [1.54, 1.807) is 0 Å². The number of carbonyl (C=O) groups is 2. The summed E-state index contributed by atoms with van der Waals surface area (Å²) in [5.41, 5.74) is 15.5. The SMILES string of the molecule is NCCCCCC(=O)O.NCCC[C@H](N)C(=O)O. The van der Waals surface area contributed by atoms with E-state index in [9.17, 15) is 9.59 Å². The lowest BCUT2D eigenvalue weighted by Crippen LogP contribution is -2.30. The fraction of sp³-hybridized carbons (Fsp3) is 0.818. The van der Waals surface area contributed by atoms with Crippen LogP contribution in [-0.2, 0) is 9.59 Å². The van der Waals surface area contributed by atoms with E-state index in [4.69, 9.17) is 27.4 Å². The Balaban J connectivity index is 0. The summed E-state index contributed by atoms with van der Waals surface area (Å²) in [4.78, 5) is 20.0.